The average Bonchev–Trinajstić information content (AvgIpc) is 2.38. The highest BCUT2D eigenvalue weighted by molar-refractivity contribution is 6.35. The first-order valence-electron chi connectivity index (χ1n) is 6.14. The molecule has 1 saturated heterocycles. The lowest BCUT2D eigenvalue weighted by Crippen LogP contribution is -2.57. The molecular formula is C13H16Cl2N2O4. The molecule has 0 bridgehead atoms. The van der Waals surface area contributed by atoms with E-state index in [0.717, 1.165) is 10.6 Å². The molecule has 0 spiro atoms. The SMILES string of the molecule is Cc1ccc(Cl)cc1Cl.O=C(O)CNC(=O)N1CC(O)C1. The summed E-state index contributed by atoms with van der Waals surface area (Å²) in [7, 11) is 0. The van der Waals surface area contributed by atoms with E-state index in [1.807, 2.05) is 19.1 Å². The van der Waals surface area contributed by atoms with E-state index >= 15 is 0 Å². The second-order valence-corrected chi connectivity index (χ2v) is 5.35. The number of carboxylic acid groups (broad SMARTS) is 1. The number of β-amino-alcohol motifs (C(OH)–C–C–N with tert-alkyl or cyclic N) is 1. The zero-order valence-electron chi connectivity index (χ0n) is 11.3. The third kappa shape index (κ3) is 6.20. The van der Waals surface area contributed by atoms with Crippen molar-refractivity contribution in [2.75, 3.05) is 19.6 Å². The lowest BCUT2D eigenvalue weighted by molar-refractivity contribution is -0.135. The number of carboxylic acids is 1. The maximum absolute atomic E-state index is 10.9. The summed E-state index contributed by atoms with van der Waals surface area (Å²) in [6.45, 7) is 2.13. The van der Waals surface area contributed by atoms with Gasteiger partial charge in [0.05, 0.1) is 19.2 Å². The molecule has 1 aliphatic heterocycles. The normalized spacial score (nSPS) is 13.8. The molecule has 0 aromatic heterocycles. The molecule has 0 unspecified atom stereocenters. The van der Waals surface area contributed by atoms with Gasteiger partial charge in [0, 0.05) is 10.0 Å². The number of carbonyl (C=O) groups excluding carboxylic acids is 1. The summed E-state index contributed by atoms with van der Waals surface area (Å²) in [6.07, 6.45) is -0.458. The Kier molecular flexibility index (Phi) is 6.74. The molecule has 3 N–H and O–H groups in total. The Labute approximate surface area is 132 Å². The second kappa shape index (κ2) is 8.07. The van der Waals surface area contributed by atoms with Crippen LogP contribution in [0.4, 0.5) is 4.79 Å². The van der Waals surface area contributed by atoms with Crippen LogP contribution in [0.1, 0.15) is 5.56 Å². The van der Waals surface area contributed by atoms with E-state index in [2.05, 4.69) is 5.32 Å². The van der Waals surface area contributed by atoms with Crippen LogP contribution in [-0.2, 0) is 4.79 Å². The van der Waals surface area contributed by atoms with E-state index in [1.54, 1.807) is 6.07 Å². The van der Waals surface area contributed by atoms with Gasteiger partial charge in [-0.1, -0.05) is 29.3 Å². The molecule has 0 atom stereocenters. The first-order valence-corrected chi connectivity index (χ1v) is 6.89. The Hall–Kier alpha value is -1.50. The van der Waals surface area contributed by atoms with Gasteiger partial charge in [0.2, 0.25) is 0 Å². The molecule has 1 heterocycles. The number of aryl methyl sites for hydroxylation is 1. The lowest BCUT2D eigenvalue weighted by Gasteiger charge is -2.35. The largest absolute Gasteiger partial charge is 0.480 e. The minimum Gasteiger partial charge on any atom is -0.480 e. The predicted octanol–water partition coefficient (Wildman–Crippen LogP) is 1.76. The molecule has 2 rings (SSSR count). The summed E-state index contributed by atoms with van der Waals surface area (Å²) in [4.78, 5) is 22.3. The van der Waals surface area contributed by atoms with Crippen molar-refractivity contribution in [1.29, 1.82) is 0 Å². The maximum atomic E-state index is 10.9. The van der Waals surface area contributed by atoms with Gasteiger partial charge in [0.1, 0.15) is 6.54 Å². The third-order valence-electron chi connectivity index (χ3n) is 2.67. The van der Waals surface area contributed by atoms with Crippen LogP contribution in [0.15, 0.2) is 18.2 Å². The minimum absolute atomic E-state index is 0.283. The van der Waals surface area contributed by atoms with Gasteiger partial charge < -0.3 is 20.4 Å². The number of amides is 2. The number of aliphatic hydroxyl groups is 1. The number of carbonyl (C=O) groups is 2. The number of nitrogens with one attached hydrogen (secondary N) is 1. The standard InChI is InChI=1S/C7H6Cl2.C6H10N2O4/c1-5-2-3-6(8)4-7(5)9;9-4-2-8(3-4)6(12)7-1-5(10)11/h2-4H,1H3;4,9H,1-3H2,(H,7,12)(H,10,11). The third-order valence-corrected chi connectivity index (χ3v) is 3.32. The van der Waals surface area contributed by atoms with Gasteiger partial charge in [-0.3, -0.25) is 4.79 Å². The van der Waals surface area contributed by atoms with Crippen LogP contribution in [0.25, 0.3) is 0 Å². The molecule has 116 valence electrons. The minimum atomic E-state index is -1.08. The summed E-state index contributed by atoms with van der Waals surface area (Å²) in [6, 6.07) is 5.01. The van der Waals surface area contributed by atoms with Gasteiger partial charge in [0.15, 0.2) is 0 Å². The van der Waals surface area contributed by atoms with E-state index in [0.29, 0.717) is 5.02 Å². The number of hydrogen-bond donors (Lipinski definition) is 3. The van der Waals surface area contributed by atoms with Crippen molar-refractivity contribution in [3.8, 4) is 0 Å². The Morgan fingerprint density at radius 2 is 2.00 bits per heavy atom. The Morgan fingerprint density at radius 3 is 2.43 bits per heavy atom. The fourth-order valence-corrected chi connectivity index (χ4v) is 1.86. The van der Waals surface area contributed by atoms with Gasteiger partial charge >= 0.3 is 12.0 Å². The quantitative estimate of drug-likeness (QED) is 0.768. The number of aliphatic carboxylic acids is 1. The number of hydrogen-bond acceptors (Lipinski definition) is 3. The van der Waals surface area contributed by atoms with Crippen LogP contribution >= 0.6 is 23.2 Å². The Morgan fingerprint density at radius 1 is 1.38 bits per heavy atom. The number of rotatable bonds is 2. The monoisotopic (exact) mass is 334 g/mol. The molecular weight excluding hydrogens is 319 g/mol. The van der Waals surface area contributed by atoms with Crippen LogP contribution in [0.2, 0.25) is 10.0 Å². The average molecular weight is 335 g/mol. The van der Waals surface area contributed by atoms with Crippen LogP contribution in [0.5, 0.6) is 0 Å². The molecule has 1 aliphatic rings. The van der Waals surface area contributed by atoms with E-state index in [9.17, 15) is 9.59 Å². The van der Waals surface area contributed by atoms with E-state index in [4.69, 9.17) is 33.4 Å². The molecule has 8 heteroatoms. The van der Waals surface area contributed by atoms with E-state index in [1.165, 1.54) is 4.90 Å². The topological polar surface area (TPSA) is 89.9 Å². The zero-order valence-corrected chi connectivity index (χ0v) is 12.9. The predicted molar refractivity (Wildman–Crippen MR) is 79.8 cm³/mol. The molecule has 1 aromatic rings. The molecule has 0 aliphatic carbocycles. The summed E-state index contributed by atoms with van der Waals surface area (Å²) in [5.74, 6) is -1.08. The summed E-state index contributed by atoms with van der Waals surface area (Å²) >= 11 is 11.4. The Bertz CT molecular complexity index is 519. The van der Waals surface area contributed by atoms with Crippen molar-refractivity contribution < 1.29 is 19.8 Å². The first kappa shape index (κ1) is 17.6. The molecule has 6 nitrogen and oxygen atoms in total. The Balaban J connectivity index is 0.000000219. The van der Waals surface area contributed by atoms with E-state index in [-0.39, 0.29) is 19.6 Å². The highest BCUT2D eigenvalue weighted by Gasteiger charge is 2.28. The van der Waals surface area contributed by atoms with E-state index < -0.39 is 18.1 Å². The highest BCUT2D eigenvalue weighted by atomic mass is 35.5. The summed E-state index contributed by atoms with van der Waals surface area (Å²) in [5.41, 5.74) is 1.06. The van der Waals surface area contributed by atoms with Crippen molar-refractivity contribution >= 4 is 35.2 Å². The van der Waals surface area contributed by atoms with Crippen molar-refractivity contribution in [3.63, 3.8) is 0 Å². The van der Waals surface area contributed by atoms with Crippen LogP contribution in [0.3, 0.4) is 0 Å². The number of halogens is 2. The van der Waals surface area contributed by atoms with Crippen molar-refractivity contribution in [2.24, 2.45) is 0 Å². The second-order valence-electron chi connectivity index (χ2n) is 4.50. The molecule has 21 heavy (non-hydrogen) atoms. The zero-order chi connectivity index (χ0) is 16.0. The molecule has 1 aromatic carbocycles. The maximum Gasteiger partial charge on any atom is 0.323 e. The first-order chi connectivity index (χ1) is 9.79. The van der Waals surface area contributed by atoms with Gasteiger partial charge in [0.25, 0.3) is 0 Å². The number of aliphatic hydroxyl groups excluding tert-OH is 1. The van der Waals surface area contributed by atoms with Gasteiger partial charge in [-0.15, -0.1) is 0 Å². The van der Waals surface area contributed by atoms with Gasteiger partial charge in [-0.05, 0) is 24.6 Å². The lowest BCUT2D eigenvalue weighted by atomic mass is 10.2. The number of benzene rings is 1. The van der Waals surface area contributed by atoms with Crippen LogP contribution in [0, 0.1) is 6.92 Å². The highest BCUT2D eigenvalue weighted by Crippen LogP contribution is 2.19. The van der Waals surface area contributed by atoms with Crippen molar-refractivity contribution in [3.05, 3.63) is 33.8 Å². The van der Waals surface area contributed by atoms with Gasteiger partial charge in [-0.25, -0.2) is 4.79 Å². The molecule has 0 saturated carbocycles. The van der Waals surface area contributed by atoms with Crippen molar-refractivity contribution in [2.45, 2.75) is 13.0 Å². The summed E-state index contributed by atoms with van der Waals surface area (Å²) in [5, 5.41) is 20.6. The number of urea groups is 1. The molecule has 1 fully saturated rings. The number of likely N-dealkylation sites (tertiary alicyclic amines) is 1. The molecule has 2 amide bonds. The number of nitrogens with zero attached hydrogens (tertiary/aromatic N) is 1. The summed E-state index contributed by atoms with van der Waals surface area (Å²) < 4.78 is 0. The van der Waals surface area contributed by atoms with Crippen molar-refractivity contribution in [1.82, 2.24) is 10.2 Å². The fraction of sp³-hybridized carbons (Fsp3) is 0.385. The van der Waals surface area contributed by atoms with Crippen LogP contribution in [-0.4, -0.2) is 52.9 Å². The molecule has 0 radical (unpaired) electrons. The van der Waals surface area contributed by atoms with Crippen LogP contribution < -0.4 is 5.32 Å². The fourth-order valence-electron chi connectivity index (χ4n) is 1.45. The van der Waals surface area contributed by atoms with Gasteiger partial charge in [-0.2, -0.15) is 0 Å². The smallest absolute Gasteiger partial charge is 0.323 e.